The van der Waals surface area contributed by atoms with Crippen LogP contribution in [0.15, 0.2) is 39.9 Å². The van der Waals surface area contributed by atoms with Gasteiger partial charge in [-0.15, -0.1) is 0 Å². The monoisotopic (exact) mass is 290 g/mol. The molecule has 3 rings (SSSR count). The summed E-state index contributed by atoms with van der Waals surface area (Å²) in [5.74, 6) is 0. The van der Waals surface area contributed by atoms with Gasteiger partial charge in [0.15, 0.2) is 0 Å². The summed E-state index contributed by atoms with van der Waals surface area (Å²) in [4.78, 5) is 27.3. The standard InChI is InChI=1S/C15H15ClN2O2/c16-13-12(10-6-2-1-3-7-10)14(19)18(15(20)17-13)11-8-4-5-9-11/h1-3,6-7,11H,4-5,8-9H2,(H,17,20). The van der Waals surface area contributed by atoms with Gasteiger partial charge in [-0.25, -0.2) is 4.79 Å². The molecule has 1 aliphatic rings. The summed E-state index contributed by atoms with van der Waals surface area (Å²) >= 11 is 6.08. The average molecular weight is 291 g/mol. The van der Waals surface area contributed by atoms with Crippen molar-refractivity contribution in [2.45, 2.75) is 31.7 Å². The molecule has 1 saturated carbocycles. The topological polar surface area (TPSA) is 54.9 Å². The van der Waals surface area contributed by atoms with Crippen LogP contribution in [0.2, 0.25) is 5.15 Å². The lowest BCUT2D eigenvalue weighted by molar-refractivity contribution is 0.480. The predicted octanol–water partition coefficient (Wildman–Crippen LogP) is 2.97. The van der Waals surface area contributed by atoms with Crippen molar-refractivity contribution >= 4 is 11.6 Å². The summed E-state index contributed by atoms with van der Waals surface area (Å²) in [6, 6.07) is 9.19. The van der Waals surface area contributed by atoms with Gasteiger partial charge in [0.25, 0.3) is 5.56 Å². The lowest BCUT2D eigenvalue weighted by Gasteiger charge is -2.14. The fourth-order valence-corrected chi connectivity index (χ4v) is 3.14. The third kappa shape index (κ3) is 2.20. The molecule has 20 heavy (non-hydrogen) atoms. The second kappa shape index (κ2) is 5.29. The van der Waals surface area contributed by atoms with Crippen molar-refractivity contribution in [1.82, 2.24) is 9.55 Å². The molecule has 4 nitrogen and oxygen atoms in total. The molecule has 1 heterocycles. The van der Waals surface area contributed by atoms with Gasteiger partial charge >= 0.3 is 5.69 Å². The molecule has 0 aliphatic heterocycles. The predicted molar refractivity (Wildman–Crippen MR) is 79.3 cm³/mol. The van der Waals surface area contributed by atoms with E-state index in [0.29, 0.717) is 5.56 Å². The normalized spacial score (nSPS) is 15.7. The molecule has 0 unspecified atom stereocenters. The third-order valence-corrected chi connectivity index (χ3v) is 4.12. The van der Waals surface area contributed by atoms with Gasteiger partial charge in [0, 0.05) is 6.04 Å². The first kappa shape index (κ1) is 13.2. The summed E-state index contributed by atoms with van der Waals surface area (Å²) in [7, 11) is 0. The zero-order valence-corrected chi connectivity index (χ0v) is 11.7. The summed E-state index contributed by atoms with van der Waals surface area (Å²) in [5.41, 5.74) is 0.396. The van der Waals surface area contributed by atoms with Crippen molar-refractivity contribution in [2.24, 2.45) is 0 Å². The molecule has 0 amide bonds. The average Bonchev–Trinajstić information content (AvgIpc) is 2.93. The van der Waals surface area contributed by atoms with E-state index in [-0.39, 0.29) is 16.8 Å². The molecular weight excluding hydrogens is 276 g/mol. The first-order valence-corrected chi connectivity index (χ1v) is 7.16. The van der Waals surface area contributed by atoms with E-state index in [4.69, 9.17) is 11.6 Å². The highest BCUT2D eigenvalue weighted by molar-refractivity contribution is 6.32. The Bertz CT molecular complexity index is 728. The molecule has 0 spiro atoms. The molecule has 1 aromatic heterocycles. The summed E-state index contributed by atoms with van der Waals surface area (Å²) in [5, 5.41) is 0.112. The van der Waals surface area contributed by atoms with E-state index in [2.05, 4.69) is 4.98 Å². The van der Waals surface area contributed by atoms with Gasteiger partial charge in [-0.05, 0) is 18.4 Å². The minimum atomic E-state index is -0.411. The van der Waals surface area contributed by atoms with Crippen molar-refractivity contribution < 1.29 is 0 Å². The van der Waals surface area contributed by atoms with Crippen LogP contribution in [0.25, 0.3) is 11.1 Å². The van der Waals surface area contributed by atoms with E-state index < -0.39 is 5.69 Å². The van der Waals surface area contributed by atoms with Crippen LogP contribution in [-0.2, 0) is 0 Å². The number of nitrogens with zero attached hydrogens (tertiary/aromatic N) is 1. The van der Waals surface area contributed by atoms with Crippen LogP contribution in [0.3, 0.4) is 0 Å². The van der Waals surface area contributed by atoms with Gasteiger partial charge in [-0.3, -0.25) is 14.3 Å². The maximum Gasteiger partial charge on any atom is 0.329 e. The Morgan fingerprint density at radius 1 is 1.10 bits per heavy atom. The van der Waals surface area contributed by atoms with Crippen LogP contribution in [0.5, 0.6) is 0 Å². The lowest BCUT2D eigenvalue weighted by atomic mass is 10.1. The SMILES string of the molecule is O=c1[nH]c(Cl)c(-c2ccccc2)c(=O)n1C1CCCC1. The molecule has 5 heteroatoms. The van der Waals surface area contributed by atoms with Crippen LogP contribution in [0, 0.1) is 0 Å². The van der Waals surface area contributed by atoms with Crippen LogP contribution in [0.1, 0.15) is 31.7 Å². The van der Waals surface area contributed by atoms with Crippen molar-refractivity contribution in [2.75, 3.05) is 0 Å². The van der Waals surface area contributed by atoms with Gasteiger partial charge < -0.3 is 0 Å². The molecular formula is C15H15ClN2O2. The molecule has 0 radical (unpaired) electrons. The van der Waals surface area contributed by atoms with Crippen LogP contribution in [0.4, 0.5) is 0 Å². The van der Waals surface area contributed by atoms with E-state index in [1.54, 1.807) is 0 Å². The zero-order chi connectivity index (χ0) is 14.1. The number of hydrogen-bond acceptors (Lipinski definition) is 2. The van der Waals surface area contributed by atoms with Crippen LogP contribution < -0.4 is 11.2 Å². The molecule has 1 aliphatic carbocycles. The molecule has 1 fully saturated rings. The Hall–Kier alpha value is -1.81. The highest BCUT2D eigenvalue weighted by atomic mass is 35.5. The number of halogens is 1. The molecule has 1 N–H and O–H groups in total. The first-order valence-electron chi connectivity index (χ1n) is 6.78. The molecule has 104 valence electrons. The van der Waals surface area contributed by atoms with Crippen LogP contribution >= 0.6 is 11.6 Å². The number of aromatic amines is 1. The Morgan fingerprint density at radius 3 is 2.40 bits per heavy atom. The second-order valence-electron chi connectivity index (χ2n) is 5.10. The maximum absolute atomic E-state index is 12.7. The van der Waals surface area contributed by atoms with E-state index >= 15 is 0 Å². The third-order valence-electron chi connectivity index (χ3n) is 3.84. The fraction of sp³-hybridized carbons (Fsp3) is 0.333. The summed E-state index contributed by atoms with van der Waals surface area (Å²) < 4.78 is 1.33. The number of hydrogen-bond donors (Lipinski definition) is 1. The fourth-order valence-electron chi connectivity index (χ4n) is 2.87. The van der Waals surface area contributed by atoms with Crippen molar-refractivity contribution in [3.8, 4) is 11.1 Å². The van der Waals surface area contributed by atoms with Crippen molar-refractivity contribution in [1.29, 1.82) is 0 Å². The quantitative estimate of drug-likeness (QED) is 0.865. The summed E-state index contributed by atoms with van der Waals surface area (Å²) in [6.45, 7) is 0. The molecule has 2 aromatic rings. The van der Waals surface area contributed by atoms with E-state index in [1.165, 1.54) is 4.57 Å². The first-order chi connectivity index (χ1) is 9.68. The second-order valence-corrected chi connectivity index (χ2v) is 5.48. The zero-order valence-electron chi connectivity index (χ0n) is 10.9. The molecule has 1 aromatic carbocycles. The highest BCUT2D eigenvalue weighted by Gasteiger charge is 2.23. The van der Waals surface area contributed by atoms with Gasteiger partial charge in [-0.1, -0.05) is 54.8 Å². The number of rotatable bonds is 2. The van der Waals surface area contributed by atoms with Gasteiger partial charge in [0.1, 0.15) is 5.15 Å². The molecule has 0 saturated heterocycles. The lowest BCUT2D eigenvalue weighted by Crippen LogP contribution is -2.38. The summed E-state index contributed by atoms with van der Waals surface area (Å²) in [6.07, 6.45) is 3.86. The van der Waals surface area contributed by atoms with E-state index in [0.717, 1.165) is 31.2 Å². The minimum Gasteiger partial charge on any atom is -0.297 e. The Balaban J connectivity index is 2.23. The minimum absolute atomic E-state index is 0.00835. The number of nitrogens with one attached hydrogen (secondary N) is 1. The van der Waals surface area contributed by atoms with Crippen molar-refractivity contribution in [3.63, 3.8) is 0 Å². The number of benzene rings is 1. The number of aromatic nitrogens is 2. The van der Waals surface area contributed by atoms with Gasteiger partial charge in [0.05, 0.1) is 5.56 Å². The highest BCUT2D eigenvalue weighted by Crippen LogP contribution is 2.28. The maximum atomic E-state index is 12.7. The van der Waals surface area contributed by atoms with Crippen molar-refractivity contribution in [3.05, 3.63) is 56.3 Å². The Morgan fingerprint density at radius 2 is 1.75 bits per heavy atom. The van der Waals surface area contributed by atoms with Gasteiger partial charge in [0.2, 0.25) is 0 Å². The van der Waals surface area contributed by atoms with E-state index in [1.807, 2.05) is 30.3 Å². The smallest absolute Gasteiger partial charge is 0.297 e. The Kier molecular flexibility index (Phi) is 3.49. The molecule has 0 atom stereocenters. The van der Waals surface area contributed by atoms with Crippen LogP contribution in [-0.4, -0.2) is 9.55 Å². The largest absolute Gasteiger partial charge is 0.329 e. The van der Waals surface area contributed by atoms with E-state index in [9.17, 15) is 9.59 Å². The van der Waals surface area contributed by atoms with Gasteiger partial charge in [-0.2, -0.15) is 0 Å². The Labute approximate surface area is 121 Å². The molecule has 0 bridgehead atoms. The number of H-pyrrole nitrogens is 1.